The van der Waals surface area contributed by atoms with Gasteiger partial charge in [-0.1, -0.05) is 65.1 Å². The van der Waals surface area contributed by atoms with Crippen LogP contribution in [-0.4, -0.2) is 0 Å². The van der Waals surface area contributed by atoms with Crippen molar-refractivity contribution in [2.75, 3.05) is 0 Å². The van der Waals surface area contributed by atoms with E-state index < -0.39 is 0 Å². The summed E-state index contributed by atoms with van der Waals surface area (Å²) >= 11 is 18.5. The maximum absolute atomic E-state index is 6.25. The first kappa shape index (κ1) is 15.7. The van der Waals surface area contributed by atoms with Crippen LogP contribution in [0.1, 0.15) is 37.1 Å². The molecular formula is C16H16Cl3N. The molecule has 0 aliphatic carbocycles. The molecule has 0 fully saturated rings. The zero-order chi connectivity index (χ0) is 14.7. The number of hydrogen-bond acceptors (Lipinski definition) is 1. The molecule has 0 heterocycles. The Balaban J connectivity index is 2.17. The SMILES string of the molecule is CC(N[C@H](C)c1ccccc1Cl)c1cccc(Cl)c1Cl. The van der Waals surface area contributed by atoms with Gasteiger partial charge in [-0.05, 0) is 37.1 Å². The van der Waals surface area contributed by atoms with Crippen molar-refractivity contribution >= 4 is 34.8 Å². The van der Waals surface area contributed by atoms with Gasteiger partial charge in [-0.25, -0.2) is 0 Å². The number of hydrogen-bond donors (Lipinski definition) is 1. The number of nitrogens with one attached hydrogen (secondary N) is 1. The van der Waals surface area contributed by atoms with E-state index in [4.69, 9.17) is 34.8 Å². The average Bonchev–Trinajstić information content (AvgIpc) is 2.42. The second-order valence-corrected chi connectivity index (χ2v) is 5.97. The summed E-state index contributed by atoms with van der Waals surface area (Å²) in [6.45, 7) is 4.14. The molecule has 2 aromatic carbocycles. The molecule has 20 heavy (non-hydrogen) atoms. The van der Waals surface area contributed by atoms with Gasteiger partial charge in [0.2, 0.25) is 0 Å². The lowest BCUT2D eigenvalue weighted by Gasteiger charge is -2.22. The van der Waals surface area contributed by atoms with Crippen LogP contribution >= 0.6 is 34.8 Å². The molecule has 2 atom stereocenters. The molecule has 0 bridgehead atoms. The molecule has 1 nitrogen and oxygen atoms in total. The van der Waals surface area contributed by atoms with E-state index in [2.05, 4.69) is 19.2 Å². The summed E-state index contributed by atoms with van der Waals surface area (Å²) in [5.41, 5.74) is 2.05. The summed E-state index contributed by atoms with van der Waals surface area (Å²) in [5, 5.41) is 5.42. The molecule has 0 radical (unpaired) electrons. The smallest absolute Gasteiger partial charge is 0.0639 e. The summed E-state index contributed by atoms with van der Waals surface area (Å²) in [5.74, 6) is 0. The first-order chi connectivity index (χ1) is 9.50. The van der Waals surface area contributed by atoms with Crippen LogP contribution < -0.4 is 5.32 Å². The monoisotopic (exact) mass is 327 g/mol. The van der Waals surface area contributed by atoms with E-state index >= 15 is 0 Å². The minimum atomic E-state index is 0.0764. The molecule has 2 rings (SSSR count). The number of rotatable bonds is 4. The molecule has 0 saturated carbocycles. The molecule has 2 aromatic rings. The predicted molar refractivity (Wildman–Crippen MR) is 87.9 cm³/mol. The summed E-state index contributed by atoms with van der Waals surface area (Å²) < 4.78 is 0. The Morgan fingerprint density at radius 2 is 1.30 bits per heavy atom. The quantitative estimate of drug-likeness (QED) is 0.719. The van der Waals surface area contributed by atoms with Gasteiger partial charge in [-0.15, -0.1) is 0 Å². The van der Waals surface area contributed by atoms with E-state index in [1.165, 1.54) is 0 Å². The van der Waals surface area contributed by atoms with E-state index in [0.29, 0.717) is 10.0 Å². The molecule has 0 amide bonds. The van der Waals surface area contributed by atoms with Crippen LogP contribution in [0.25, 0.3) is 0 Å². The highest BCUT2D eigenvalue weighted by Gasteiger charge is 2.16. The summed E-state index contributed by atoms with van der Waals surface area (Å²) in [4.78, 5) is 0. The van der Waals surface area contributed by atoms with E-state index in [9.17, 15) is 0 Å². The first-order valence-electron chi connectivity index (χ1n) is 6.45. The van der Waals surface area contributed by atoms with Crippen LogP contribution in [0.2, 0.25) is 15.1 Å². The van der Waals surface area contributed by atoms with Crippen molar-refractivity contribution < 1.29 is 0 Å². The van der Waals surface area contributed by atoms with Crippen LogP contribution in [0.15, 0.2) is 42.5 Å². The Morgan fingerprint density at radius 1 is 0.750 bits per heavy atom. The maximum Gasteiger partial charge on any atom is 0.0639 e. The molecule has 0 aliphatic heterocycles. The third-order valence-corrected chi connectivity index (χ3v) is 4.50. The third-order valence-electron chi connectivity index (χ3n) is 3.32. The van der Waals surface area contributed by atoms with Crippen LogP contribution in [0.3, 0.4) is 0 Å². The molecule has 0 saturated heterocycles. The standard InChI is InChI=1S/C16H16Cl3N/c1-10(12-6-3-4-8-14(12)17)20-11(2)13-7-5-9-15(18)16(13)19/h3-11,20H,1-2H3/t10-,11?/m1/s1. The lowest BCUT2D eigenvalue weighted by atomic mass is 10.0. The Morgan fingerprint density at radius 3 is 2.00 bits per heavy atom. The fourth-order valence-corrected chi connectivity index (χ4v) is 3.01. The normalized spacial score (nSPS) is 14.1. The van der Waals surface area contributed by atoms with Gasteiger partial charge in [-0.3, -0.25) is 0 Å². The van der Waals surface area contributed by atoms with E-state index in [1.807, 2.05) is 36.4 Å². The van der Waals surface area contributed by atoms with Gasteiger partial charge in [0, 0.05) is 17.1 Å². The Kier molecular flexibility index (Phi) is 5.34. The molecule has 0 aliphatic rings. The predicted octanol–water partition coefficient (Wildman–Crippen LogP) is 6.06. The van der Waals surface area contributed by atoms with Crippen molar-refractivity contribution in [3.63, 3.8) is 0 Å². The largest absolute Gasteiger partial charge is 0.304 e. The highest BCUT2D eigenvalue weighted by molar-refractivity contribution is 6.42. The summed E-state index contributed by atoms with van der Waals surface area (Å²) in [6, 6.07) is 13.7. The van der Waals surface area contributed by atoms with E-state index in [1.54, 1.807) is 6.07 Å². The van der Waals surface area contributed by atoms with Crippen molar-refractivity contribution in [3.05, 3.63) is 68.7 Å². The van der Waals surface area contributed by atoms with Crippen LogP contribution in [-0.2, 0) is 0 Å². The average molecular weight is 329 g/mol. The fraction of sp³-hybridized carbons (Fsp3) is 0.250. The fourth-order valence-electron chi connectivity index (χ4n) is 2.24. The molecule has 1 unspecified atom stereocenters. The van der Waals surface area contributed by atoms with Gasteiger partial charge in [0.15, 0.2) is 0 Å². The second-order valence-electron chi connectivity index (χ2n) is 4.77. The van der Waals surface area contributed by atoms with Crippen molar-refractivity contribution in [2.45, 2.75) is 25.9 Å². The molecular weight excluding hydrogens is 313 g/mol. The summed E-state index contributed by atoms with van der Waals surface area (Å²) in [7, 11) is 0. The van der Waals surface area contributed by atoms with Gasteiger partial charge >= 0.3 is 0 Å². The first-order valence-corrected chi connectivity index (χ1v) is 7.58. The van der Waals surface area contributed by atoms with Gasteiger partial charge in [0.1, 0.15) is 0 Å². The molecule has 1 N–H and O–H groups in total. The van der Waals surface area contributed by atoms with Crippen LogP contribution in [0.5, 0.6) is 0 Å². The molecule has 4 heteroatoms. The third kappa shape index (κ3) is 3.48. The van der Waals surface area contributed by atoms with Crippen molar-refractivity contribution in [1.29, 1.82) is 0 Å². The highest BCUT2D eigenvalue weighted by atomic mass is 35.5. The van der Waals surface area contributed by atoms with E-state index in [0.717, 1.165) is 16.1 Å². The second kappa shape index (κ2) is 6.82. The zero-order valence-electron chi connectivity index (χ0n) is 11.3. The molecule has 106 valence electrons. The Labute approximate surface area is 134 Å². The Bertz CT molecular complexity index is 598. The highest BCUT2D eigenvalue weighted by Crippen LogP contribution is 2.31. The Hall–Kier alpha value is -0.730. The van der Waals surface area contributed by atoms with Crippen LogP contribution in [0.4, 0.5) is 0 Å². The van der Waals surface area contributed by atoms with E-state index in [-0.39, 0.29) is 12.1 Å². The number of halogens is 3. The maximum atomic E-state index is 6.25. The zero-order valence-corrected chi connectivity index (χ0v) is 13.6. The topological polar surface area (TPSA) is 12.0 Å². The minimum Gasteiger partial charge on any atom is -0.304 e. The molecule has 0 spiro atoms. The van der Waals surface area contributed by atoms with Gasteiger partial charge in [-0.2, -0.15) is 0 Å². The summed E-state index contributed by atoms with van der Waals surface area (Å²) in [6.07, 6.45) is 0. The lowest BCUT2D eigenvalue weighted by molar-refractivity contribution is 0.495. The van der Waals surface area contributed by atoms with Crippen molar-refractivity contribution in [2.24, 2.45) is 0 Å². The van der Waals surface area contributed by atoms with Crippen molar-refractivity contribution in [3.8, 4) is 0 Å². The van der Waals surface area contributed by atoms with Gasteiger partial charge in [0.25, 0.3) is 0 Å². The van der Waals surface area contributed by atoms with Gasteiger partial charge in [0.05, 0.1) is 10.0 Å². The minimum absolute atomic E-state index is 0.0764. The van der Waals surface area contributed by atoms with Crippen molar-refractivity contribution in [1.82, 2.24) is 5.32 Å². The lowest BCUT2D eigenvalue weighted by Crippen LogP contribution is -2.23. The molecule has 0 aromatic heterocycles. The van der Waals surface area contributed by atoms with Crippen LogP contribution in [0, 0.1) is 0 Å². The number of benzene rings is 2. The van der Waals surface area contributed by atoms with Gasteiger partial charge < -0.3 is 5.32 Å².